The molecule has 2 aromatic heterocycles. The number of benzene rings is 2. The summed E-state index contributed by atoms with van der Waals surface area (Å²) in [4.78, 5) is 6.67. The van der Waals surface area contributed by atoms with Gasteiger partial charge in [-0.05, 0) is 78.9 Å². The highest BCUT2D eigenvalue weighted by molar-refractivity contribution is 7.80. The number of aromatic hydroxyl groups is 1. The molecule has 0 radical (unpaired) electrons. The standard InChI is InChI=1S/C24H19ClN4OS/c25-16-5-3-6-18(15-16)28-14-4-8-21(28)23-22(20-7-1-2-13-26-20)27-24(31)29(23)17-9-11-19(30)12-10-17/h1-15,22-23,30H,(H,27,31)/t22-,23+/m1/s1. The highest BCUT2D eigenvalue weighted by atomic mass is 35.5. The minimum absolute atomic E-state index is 0.157. The molecule has 1 saturated heterocycles. The molecule has 2 aromatic carbocycles. The molecule has 1 aliphatic rings. The van der Waals surface area contributed by atoms with E-state index in [4.69, 9.17) is 23.8 Å². The topological polar surface area (TPSA) is 53.3 Å². The van der Waals surface area contributed by atoms with Crippen molar-refractivity contribution in [2.45, 2.75) is 12.1 Å². The first-order valence-corrected chi connectivity index (χ1v) is 10.6. The van der Waals surface area contributed by atoms with Crippen LogP contribution in [0.15, 0.2) is 91.3 Å². The van der Waals surface area contributed by atoms with E-state index >= 15 is 0 Å². The third-order valence-corrected chi connectivity index (χ3v) is 5.95. The summed E-state index contributed by atoms with van der Waals surface area (Å²) in [7, 11) is 0. The van der Waals surface area contributed by atoms with E-state index in [1.807, 2.05) is 66.9 Å². The van der Waals surface area contributed by atoms with E-state index in [1.54, 1.807) is 18.3 Å². The van der Waals surface area contributed by atoms with Gasteiger partial charge in [0.2, 0.25) is 0 Å². The summed E-state index contributed by atoms with van der Waals surface area (Å²) >= 11 is 12.0. The van der Waals surface area contributed by atoms with Crippen LogP contribution >= 0.6 is 23.8 Å². The lowest BCUT2D eigenvalue weighted by molar-refractivity contribution is 0.475. The van der Waals surface area contributed by atoms with Gasteiger partial charge in [-0.25, -0.2) is 0 Å². The molecule has 31 heavy (non-hydrogen) atoms. The molecular formula is C24H19ClN4OS. The second-order valence-electron chi connectivity index (χ2n) is 7.30. The first-order valence-electron chi connectivity index (χ1n) is 9.85. The van der Waals surface area contributed by atoms with Crippen molar-refractivity contribution in [3.8, 4) is 11.4 Å². The van der Waals surface area contributed by atoms with Crippen LogP contribution in [0, 0.1) is 0 Å². The molecule has 0 bridgehead atoms. The first-order chi connectivity index (χ1) is 15.1. The summed E-state index contributed by atoms with van der Waals surface area (Å²) in [5.41, 5.74) is 3.79. The van der Waals surface area contributed by atoms with E-state index < -0.39 is 0 Å². The van der Waals surface area contributed by atoms with Crippen molar-refractivity contribution in [2.75, 3.05) is 4.90 Å². The maximum absolute atomic E-state index is 9.77. The highest BCUT2D eigenvalue weighted by Crippen LogP contribution is 2.42. The van der Waals surface area contributed by atoms with E-state index in [0.717, 1.165) is 22.8 Å². The molecule has 1 fully saturated rings. The first kappa shape index (κ1) is 19.6. The van der Waals surface area contributed by atoms with Gasteiger partial charge in [0, 0.05) is 34.5 Å². The number of pyridine rings is 1. The zero-order valence-corrected chi connectivity index (χ0v) is 18.0. The number of halogens is 1. The van der Waals surface area contributed by atoms with Gasteiger partial charge >= 0.3 is 0 Å². The third kappa shape index (κ3) is 3.65. The Balaban J connectivity index is 1.67. The summed E-state index contributed by atoms with van der Waals surface area (Å²) in [6.07, 6.45) is 3.81. The number of aromatic nitrogens is 2. The zero-order chi connectivity index (χ0) is 21.4. The van der Waals surface area contributed by atoms with Crippen LogP contribution in [0.1, 0.15) is 23.5 Å². The predicted octanol–water partition coefficient (Wildman–Crippen LogP) is 5.41. The molecule has 7 heteroatoms. The average Bonchev–Trinajstić information content (AvgIpc) is 3.39. The van der Waals surface area contributed by atoms with Crippen LogP contribution in [-0.4, -0.2) is 19.8 Å². The number of anilines is 1. The van der Waals surface area contributed by atoms with Crippen LogP contribution in [0.5, 0.6) is 5.75 Å². The summed E-state index contributed by atoms with van der Waals surface area (Å²) in [6.45, 7) is 0. The molecular weight excluding hydrogens is 428 g/mol. The van der Waals surface area contributed by atoms with Crippen LogP contribution in [0.25, 0.3) is 5.69 Å². The second kappa shape index (κ2) is 8.06. The lowest BCUT2D eigenvalue weighted by atomic mass is 10.0. The molecule has 5 nitrogen and oxygen atoms in total. The number of phenolic OH excluding ortho intramolecular Hbond substituents is 1. The Bertz CT molecular complexity index is 1230. The quantitative estimate of drug-likeness (QED) is 0.410. The number of hydrogen-bond acceptors (Lipinski definition) is 3. The maximum Gasteiger partial charge on any atom is 0.174 e. The summed E-state index contributed by atoms with van der Waals surface area (Å²) in [5.74, 6) is 0.210. The molecule has 1 aliphatic heterocycles. The van der Waals surface area contributed by atoms with E-state index in [1.165, 1.54) is 0 Å². The number of nitrogens with zero attached hydrogens (tertiary/aromatic N) is 3. The molecule has 0 aliphatic carbocycles. The van der Waals surface area contributed by atoms with Gasteiger partial charge in [0.05, 0.1) is 11.7 Å². The molecule has 4 aromatic rings. The zero-order valence-electron chi connectivity index (χ0n) is 16.4. The van der Waals surface area contributed by atoms with Gasteiger partial charge in [-0.2, -0.15) is 0 Å². The number of rotatable bonds is 4. The van der Waals surface area contributed by atoms with Crippen molar-refractivity contribution >= 4 is 34.6 Å². The van der Waals surface area contributed by atoms with Gasteiger partial charge in [-0.15, -0.1) is 0 Å². The minimum atomic E-state index is -0.166. The van der Waals surface area contributed by atoms with Crippen LogP contribution in [0.4, 0.5) is 5.69 Å². The molecule has 154 valence electrons. The Labute approximate surface area is 190 Å². The van der Waals surface area contributed by atoms with Gasteiger partial charge in [0.15, 0.2) is 5.11 Å². The Morgan fingerprint density at radius 2 is 1.77 bits per heavy atom. The number of phenols is 1. The molecule has 2 N–H and O–H groups in total. The lowest BCUT2D eigenvalue weighted by Gasteiger charge is -2.29. The second-order valence-corrected chi connectivity index (χ2v) is 8.12. The van der Waals surface area contributed by atoms with Crippen LogP contribution in [-0.2, 0) is 0 Å². The Kier molecular flexibility index (Phi) is 5.10. The molecule has 0 amide bonds. The van der Waals surface area contributed by atoms with E-state index in [9.17, 15) is 5.11 Å². The van der Waals surface area contributed by atoms with E-state index in [-0.39, 0.29) is 17.8 Å². The van der Waals surface area contributed by atoms with Crippen molar-refractivity contribution in [2.24, 2.45) is 0 Å². The fourth-order valence-electron chi connectivity index (χ4n) is 4.04. The van der Waals surface area contributed by atoms with Gasteiger partial charge in [0.1, 0.15) is 11.8 Å². The van der Waals surface area contributed by atoms with Crippen molar-refractivity contribution in [3.05, 3.63) is 108 Å². The number of hydrogen-bond donors (Lipinski definition) is 2. The van der Waals surface area contributed by atoms with E-state index in [2.05, 4.69) is 25.8 Å². The van der Waals surface area contributed by atoms with Crippen molar-refractivity contribution in [3.63, 3.8) is 0 Å². The molecule has 0 spiro atoms. The fraction of sp³-hybridized carbons (Fsp3) is 0.0833. The molecule has 0 unspecified atom stereocenters. The highest BCUT2D eigenvalue weighted by Gasteiger charge is 2.42. The summed E-state index contributed by atoms with van der Waals surface area (Å²) < 4.78 is 2.12. The van der Waals surface area contributed by atoms with Gasteiger partial charge < -0.3 is 19.9 Å². The molecule has 0 saturated carbocycles. The van der Waals surface area contributed by atoms with Gasteiger partial charge in [0.25, 0.3) is 0 Å². The molecule has 5 rings (SSSR count). The van der Waals surface area contributed by atoms with Gasteiger partial charge in [-0.3, -0.25) is 4.98 Å². The van der Waals surface area contributed by atoms with Crippen molar-refractivity contribution in [1.82, 2.24) is 14.9 Å². The normalized spacial score (nSPS) is 18.2. The predicted molar refractivity (Wildman–Crippen MR) is 127 cm³/mol. The Morgan fingerprint density at radius 3 is 2.52 bits per heavy atom. The fourth-order valence-corrected chi connectivity index (χ4v) is 4.57. The monoisotopic (exact) mass is 446 g/mol. The molecule has 3 heterocycles. The minimum Gasteiger partial charge on any atom is -0.508 e. The summed E-state index contributed by atoms with van der Waals surface area (Å²) in [5, 5.41) is 14.5. The van der Waals surface area contributed by atoms with Crippen LogP contribution < -0.4 is 10.2 Å². The van der Waals surface area contributed by atoms with E-state index in [0.29, 0.717) is 10.1 Å². The average molecular weight is 447 g/mol. The van der Waals surface area contributed by atoms with Crippen LogP contribution in [0.3, 0.4) is 0 Å². The SMILES string of the molecule is Oc1ccc(N2C(=S)N[C@H](c3ccccn3)[C@@H]2c2cccn2-c2cccc(Cl)c2)cc1. The number of thiocarbonyl (C=S) groups is 1. The van der Waals surface area contributed by atoms with Crippen molar-refractivity contribution in [1.29, 1.82) is 0 Å². The Morgan fingerprint density at radius 1 is 0.935 bits per heavy atom. The lowest BCUT2D eigenvalue weighted by Crippen LogP contribution is -2.30. The smallest absolute Gasteiger partial charge is 0.174 e. The largest absolute Gasteiger partial charge is 0.508 e. The third-order valence-electron chi connectivity index (χ3n) is 5.40. The number of nitrogens with one attached hydrogen (secondary N) is 1. The van der Waals surface area contributed by atoms with Gasteiger partial charge in [-0.1, -0.05) is 23.7 Å². The van der Waals surface area contributed by atoms with Crippen LogP contribution in [0.2, 0.25) is 5.02 Å². The Hall–Kier alpha value is -3.35. The molecule has 2 atom stereocenters. The van der Waals surface area contributed by atoms with Crippen molar-refractivity contribution < 1.29 is 5.11 Å². The summed E-state index contributed by atoms with van der Waals surface area (Å²) in [6, 6.07) is 24.5. The maximum atomic E-state index is 9.77.